The molecule has 16 heavy (non-hydrogen) atoms. The Morgan fingerprint density at radius 1 is 1.69 bits per heavy atom. The lowest BCUT2D eigenvalue weighted by Gasteiger charge is -2.23. The highest BCUT2D eigenvalue weighted by Crippen LogP contribution is 2.37. The van der Waals surface area contributed by atoms with Crippen LogP contribution < -0.4 is 5.32 Å². The second-order valence-corrected chi connectivity index (χ2v) is 5.97. The van der Waals surface area contributed by atoms with Gasteiger partial charge in [-0.25, -0.2) is 0 Å². The van der Waals surface area contributed by atoms with Crippen molar-refractivity contribution in [2.24, 2.45) is 0 Å². The topological polar surface area (TPSA) is 48.7 Å². The van der Waals surface area contributed by atoms with E-state index in [0.717, 1.165) is 12.2 Å². The molecule has 2 heterocycles. The molecule has 1 aliphatic rings. The first-order valence-corrected chi connectivity index (χ1v) is 6.44. The number of nitrogens with zero attached hydrogens (tertiary/aromatic N) is 2. The molecule has 2 rings (SSSR count). The fourth-order valence-electron chi connectivity index (χ4n) is 1.89. The Kier molecular flexibility index (Phi) is 3.35. The van der Waals surface area contributed by atoms with Gasteiger partial charge in [0, 0.05) is 17.5 Å². The maximum atomic E-state index is 8.95. The molecule has 1 unspecified atom stereocenters. The molecule has 1 fully saturated rings. The van der Waals surface area contributed by atoms with Gasteiger partial charge in [-0.1, -0.05) is 0 Å². The van der Waals surface area contributed by atoms with Crippen molar-refractivity contribution in [2.75, 3.05) is 17.6 Å². The number of nitrogens with one attached hydrogen (secondary N) is 1. The van der Waals surface area contributed by atoms with Gasteiger partial charge in [0.15, 0.2) is 0 Å². The van der Waals surface area contributed by atoms with E-state index in [9.17, 15) is 0 Å². The molecule has 84 valence electrons. The van der Waals surface area contributed by atoms with Gasteiger partial charge in [0.2, 0.25) is 0 Å². The molecule has 1 atom stereocenters. The number of anilines is 1. The van der Waals surface area contributed by atoms with Crippen molar-refractivity contribution in [3.05, 3.63) is 24.0 Å². The summed E-state index contributed by atoms with van der Waals surface area (Å²) in [5, 5.41) is 12.3. The zero-order valence-corrected chi connectivity index (χ0v) is 10.2. The lowest BCUT2D eigenvalue weighted by Crippen LogP contribution is -2.27. The Balaban J connectivity index is 2.02. The molecule has 0 bridgehead atoms. The maximum Gasteiger partial charge on any atom is 0.101 e. The molecule has 3 nitrogen and oxygen atoms in total. The number of rotatable bonds is 3. The van der Waals surface area contributed by atoms with Gasteiger partial charge in [-0.05, 0) is 31.6 Å². The summed E-state index contributed by atoms with van der Waals surface area (Å²) in [6, 6.07) is 3.92. The van der Waals surface area contributed by atoms with Crippen LogP contribution in [0.25, 0.3) is 0 Å². The van der Waals surface area contributed by atoms with E-state index < -0.39 is 0 Å². The van der Waals surface area contributed by atoms with E-state index in [1.807, 2.05) is 11.8 Å². The molecule has 0 saturated carbocycles. The highest BCUT2D eigenvalue weighted by Gasteiger charge is 2.29. The molecule has 1 aliphatic heterocycles. The third-order valence-electron chi connectivity index (χ3n) is 2.89. The second-order valence-electron chi connectivity index (χ2n) is 4.29. The first kappa shape index (κ1) is 11.3. The predicted octanol–water partition coefficient (Wildman–Crippen LogP) is 2.65. The monoisotopic (exact) mass is 233 g/mol. The van der Waals surface area contributed by atoms with E-state index in [0.29, 0.717) is 10.3 Å². The van der Waals surface area contributed by atoms with Gasteiger partial charge in [0.25, 0.3) is 0 Å². The molecule has 1 aromatic rings. The standard InChI is InChI=1S/C12H15N3S/c1-12(4-2-6-16-12)9-15-11-8-14-5-3-10(11)7-13/h3,5,8,15H,2,4,6,9H2,1H3. The van der Waals surface area contributed by atoms with Crippen LogP contribution in [0, 0.1) is 11.3 Å². The first-order chi connectivity index (χ1) is 7.73. The minimum atomic E-state index is 0.308. The van der Waals surface area contributed by atoms with Gasteiger partial charge < -0.3 is 5.32 Å². The molecular weight excluding hydrogens is 218 g/mol. The van der Waals surface area contributed by atoms with Crippen LogP contribution in [0.1, 0.15) is 25.3 Å². The van der Waals surface area contributed by atoms with Gasteiger partial charge in [0.05, 0.1) is 17.4 Å². The van der Waals surface area contributed by atoms with Gasteiger partial charge in [-0.15, -0.1) is 0 Å². The van der Waals surface area contributed by atoms with Crippen molar-refractivity contribution >= 4 is 17.4 Å². The van der Waals surface area contributed by atoms with Crippen LogP contribution in [-0.2, 0) is 0 Å². The largest absolute Gasteiger partial charge is 0.381 e. The number of hydrogen-bond donors (Lipinski definition) is 1. The molecule has 0 aromatic carbocycles. The van der Waals surface area contributed by atoms with Gasteiger partial charge >= 0.3 is 0 Å². The van der Waals surface area contributed by atoms with Crippen LogP contribution in [0.5, 0.6) is 0 Å². The molecule has 0 aliphatic carbocycles. The summed E-state index contributed by atoms with van der Waals surface area (Å²) in [7, 11) is 0. The van der Waals surface area contributed by atoms with Crippen molar-refractivity contribution < 1.29 is 0 Å². The van der Waals surface area contributed by atoms with Crippen molar-refractivity contribution in [2.45, 2.75) is 24.5 Å². The van der Waals surface area contributed by atoms with E-state index in [1.165, 1.54) is 18.6 Å². The third-order valence-corrected chi connectivity index (χ3v) is 4.43. The summed E-state index contributed by atoms with van der Waals surface area (Å²) < 4.78 is 0.308. The number of pyridine rings is 1. The SMILES string of the molecule is CC1(CNc2cnccc2C#N)CCCS1. The van der Waals surface area contributed by atoms with Crippen LogP contribution in [0.15, 0.2) is 18.5 Å². The number of aromatic nitrogens is 1. The molecular formula is C12H15N3S. The average molecular weight is 233 g/mol. The van der Waals surface area contributed by atoms with E-state index in [4.69, 9.17) is 5.26 Å². The Morgan fingerprint density at radius 2 is 2.56 bits per heavy atom. The summed E-state index contributed by atoms with van der Waals surface area (Å²) in [4.78, 5) is 4.04. The zero-order chi connectivity index (χ0) is 11.4. The van der Waals surface area contributed by atoms with Crippen molar-refractivity contribution in [3.8, 4) is 6.07 Å². The number of nitriles is 1. The van der Waals surface area contributed by atoms with Crippen LogP contribution in [0.3, 0.4) is 0 Å². The maximum absolute atomic E-state index is 8.95. The highest BCUT2D eigenvalue weighted by molar-refractivity contribution is 8.00. The fraction of sp³-hybridized carbons (Fsp3) is 0.500. The molecule has 0 spiro atoms. The van der Waals surface area contributed by atoms with Crippen molar-refractivity contribution in [3.63, 3.8) is 0 Å². The quantitative estimate of drug-likeness (QED) is 0.872. The van der Waals surface area contributed by atoms with Crippen LogP contribution in [0.2, 0.25) is 0 Å². The van der Waals surface area contributed by atoms with Crippen LogP contribution in [0.4, 0.5) is 5.69 Å². The lowest BCUT2D eigenvalue weighted by atomic mass is 10.1. The summed E-state index contributed by atoms with van der Waals surface area (Å²) in [5.74, 6) is 1.25. The average Bonchev–Trinajstić information content (AvgIpc) is 2.74. The lowest BCUT2D eigenvalue weighted by molar-refractivity contribution is 0.634. The van der Waals surface area contributed by atoms with E-state index >= 15 is 0 Å². The van der Waals surface area contributed by atoms with Crippen LogP contribution in [-0.4, -0.2) is 22.0 Å². The normalized spacial score (nSPS) is 24.0. The van der Waals surface area contributed by atoms with E-state index in [1.54, 1.807) is 18.5 Å². The van der Waals surface area contributed by atoms with Gasteiger partial charge in [0.1, 0.15) is 6.07 Å². The Morgan fingerprint density at radius 3 is 3.25 bits per heavy atom. The van der Waals surface area contributed by atoms with Crippen molar-refractivity contribution in [1.82, 2.24) is 4.98 Å². The summed E-state index contributed by atoms with van der Waals surface area (Å²) in [5.41, 5.74) is 1.51. The molecule has 1 N–H and O–H groups in total. The Labute approximate surface area is 100 Å². The van der Waals surface area contributed by atoms with Gasteiger partial charge in [-0.2, -0.15) is 17.0 Å². The fourth-order valence-corrected chi connectivity index (χ4v) is 3.14. The first-order valence-electron chi connectivity index (χ1n) is 5.45. The smallest absolute Gasteiger partial charge is 0.101 e. The van der Waals surface area contributed by atoms with E-state index in [-0.39, 0.29) is 0 Å². The number of thioether (sulfide) groups is 1. The highest BCUT2D eigenvalue weighted by atomic mass is 32.2. The zero-order valence-electron chi connectivity index (χ0n) is 9.36. The molecule has 0 amide bonds. The molecule has 1 saturated heterocycles. The minimum absolute atomic E-state index is 0.308. The predicted molar refractivity (Wildman–Crippen MR) is 67.5 cm³/mol. The minimum Gasteiger partial charge on any atom is -0.381 e. The van der Waals surface area contributed by atoms with E-state index in [2.05, 4.69) is 23.3 Å². The molecule has 1 aromatic heterocycles. The van der Waals surface area contributed by atoms with Gasteiger partial charge in [-0.3, -0.25) is 4.98 Å². The summed E-state index contributed by atoms with van der Waals surface area (Å²) >= 11 is 2.01. The number of hydrogen-bond acceptors (Lipinski definition) is 4. The Bertz CT molecular complexity index is 405. The van der Waals surface area contributed by atoms with Crippen molar-refractivity contribution in [1.29, 1.82) is 5.26 Å². The molecule has 0 radical (unpaired) electrons. The summed E-state index contributed by atoms with van der Waals surface area (Å²) in [6.07, 6.45) is 5.91. The van der Waals surface area contributed by atoms with Crippen LogP contribution >= 0.6 is 11.8 Å². The third kappa shape index (κ3) is 2.48. The Hall–Kier alpha value is -1.21. The second kappa shape index (κ2) is 4.75. The molecule has 4 heteroatoms. The summed E-state index contributed by atoms with van der Waals surface area (Å²) in [6.45, 7) is 3.18.